The van der Waals surface area contributed by atoms with E-state index in [0.717, 1.165) is 57.5 Å². The standard InChI is InChI=1S/C26H38O5/c1(13-27-17-24-18-30-24)2-14-28-22-8-4-20(5-9-22)21-6-10-23(11-7-21)29-16-19-3-12-25-26(15-19)31-25/h4-5,8-9,19,21,23-26H,1-3,6-7,10-18H2. The van der Waals surface area contributed by atoms with Crippen molar-refractivity contribution in [3.63, 3.8) is 0 Å². The Morgan fingerprint density at radius 2 is 1.65 bits per heavy atom. The van der Waals surface area contributed by atoms with Crippen LogP contribution in [-0.4, -0.2) is 57.5 Å². The lowest BCUT2D eigenvalue weighted by atomic mass is 9.82. The summed E-state index contributed by atoms with van der Waals surface area (Å²) < 4.78 is 28.5. The maximum Gasteiger partial charge on any atom is 0.119 e. The molecule has 31 heavy (non-hydrogen) atoms. The summed E-state index contributed by atoms with van der Waals surface area (Å²) in [6.45, 7) is 4.10. The van der Waals surface area contributed by atoms with Crippen LogP contribution in [0.1, 0.15) is 69.3 Å². The molecule has 1 aromatic carbocycles. The average molecular weight is 431 g/mol. The van der Waals surface area contributed by atoms with Crippen LogP contribution in [0.5, 0.6) is 5.75 Å². The van der Waals surface area contributed by atoms with Crippen LogP contribution in [0.25, 0.3) is 0 Å². The van der Waals surface area contributed by atoms with E-state index in [2.05, 4.69) is 24.3 Å². The lowest BCUT2D eigenvalue weighted by molar-refractivity contribution is -0.000478. The summed E-state index contributed by atoms with van der Waals surface area (Å²) in [5, 5.41) is 0. The number of rotatable bonds is 12. The summed E-state index contributed by atoms with van der Waals surface area (Å²) >= 11 is 0. The summed E-state index contributed by atoms with van der Waals surface area (Å²) in [6.07, 6.45) is 12.6. The number of unbranched alkanes of at least 4 members (excludes halogenated alkanes) is 1. The van der Waals surface area contributed by atoms with Crippen molar-refractivity contribution in [1.82, 2.24) is 0 Å². The van der Waals surface area contributed by atoms with Gasteiger partial charge in [0.05, 0.1) is 38.1 Å². The second-order valence-electron chi connectivity index (χ2n) is 9.85. The van der Waals surface area contributed by atoms with Crippen LogP contribution >= 0.6 is 0 Å². The fourth-order valence-electron chi connectivity index (χ4n) is 5.18. The van der Waals surface area contributed by atoms with Gasteiger partial charge >= 0.3 is 0 Å². The lowest BCUT2D eigenvalue weighted by Gasteiger charge is -2.30. The summed E-state index contributed by atoms with van der Waals surface area (Å²) in [6, 6.07) is 8.78. The molecule has 2 heterocycles. The Kier molecular flexibility index (Phi) is 7.45. The second-order valence-corrected chi connectivity index (χ2v) is 9.85. The minimum atomic E-state index is 0.361. The summed E-state index contributed by atoms with van der Waals surface area (Å²) in [5.41, 5.74) is 1.45. The van der Waals surface area contributed by atoms with Gasteiger partial charge < -0.3 is 23.7 Å². The van der Waals surface area contributed by atoms with E-state index in [1.165, 1.54) is 50.5 Å². The van der Waals surface area contributed by atoms with Crippen molar-refractivity contribution in [2.24, 2.45) is 5.92 Å². The van der Waals surface area contributed by atoms with Gasteiger partial charge in [-0.25, -0.2) is 0 Å². The molecule has 0 bridgehead atoms. The van der Waals surface area contributed by atoms with Crippen LogP contribution < -0.4 is 4.74 Å². The first kappa shape index (κ1) is 21.7. The minimum absolute atomic E-state index is 0.361. The fourth-order valence-corrected chi connectivity index (χ4v) is 5.18. The maximum atomic E-state index is 6.30. The van der Waals surface area contributed by atoms with E-state index in [1.54, 1.807) is 0 Å². The highest BCUT2D eigenvalue weighted by atomic mass is 16.6. The Morgan fingerprint density at radius 3 is 2.42 bits per heavy atom. The zero-order valence-corrected chi connectivity index (χ0v) is 18.7. The van der Waals surface area contributed by atoms with E-state index in [-0.39, 0.29) is 0 Å². The molecule has 5 rings (SSSR count). The molecule has 4 fully saturated rings. The third-order valence-corrected chi connectivity index (χ3v) is 7.36. The largest absolute Gasteiger partial charge is 0.494 e. The number of benzene rings is 1. The second kappa shape index (κ2) is 10.7. The van der Waals surface area contributed by atoms with Crippen molar-refractivity contribution in [2.75, 3.05) is 33.0 Å². The molecule has 2 saturated carbocycles. The molecular formula is C26H38O5. The Balaban J connectivity index is 0.942. The molecule has 1 aromatic rings. The third kappa shape index (κ3) is 6.67. The zero-order valence-electron chi connectivity index (χ0n) is 18.7. The van der Waals surface area contributed by atoms with Crippen molar-refractivity contribution in [3.8, 4) is 5.75 Å². The number of fused-ring (bicyclic) bond motifs is 1. The molecule has 2 saturated heterocycles. The average Bonchev–Trinajstić information content (AvgIpc) is 3.73. The van der Waals surface area contributed by atoms with Gasteiger partial charge in [0.25, 0.3) is 0 Å². The fraction of sp³-hybridized carbons (Fsp3) is 0.769. The van der Waals surface area contributed by atoms with Crippen molar-refractivity contribution in [3.05, 3.63) is 29.8 Å². The normalized spacial score (nSPS) is 34.2. The molecule has 0 radical (unpaired) electrons. The number of hydrogen-bond donors (Lipinski definition) is 0. The Bertz CT molecular complexity index is 665. The topological polar surface area (TPSA) is 52.8 Å². The molecular weight excluding hydrogens is 392 g/mol. The lowest BCUT2D eigenvalue weighted by Crippen LogP contribution is -2.25. The van der Waals surface area contributed by atoms with Crippen LogP contribution in [0, 0.1) is 5.92 Å². The summed E-state index contributed by atoms with van der Waals surface area (Å²) in [5.74, 6) is 2.36. The SMILES string of the molecule is c1cc(C2CCC(OCC3CCC4OC4C3)CC2)ccc1OCCCCOCC1CO1. The van der Waals surface area contributed by atoms with E-state index >= 15 is 0 Å². The van der Waals surface area contributed by atoms with Gasteiger partial charge in [-0.3, -0.25) is 0 Å². The van der Waals surface area contributed by atoms with Gasteiger partial charge in [-0.1, -0.05) is 12.1 Å². The van der Waals surface area contributed by atoms with E-state index in [0.29, 0.717) is 30.3 Å². The number of hydrogen-bond acceptors (Lipinski definition) is 5. The number of ether oxygens (including phenoxy) is 5. The molecule has 2 aliphatic carbocycles. The van der Waals surface area contributed by atoms with Crippen LogP contribution in [0.15, 0.2) is 24.3 Å². The van der Waals surface area contributed by atoms with E-state index in [4.69, 9.17) is 23.7 Å². The van der Waals surface area contributed by atoms with Crippen LogP contribution in [0.3, 0.4) is 0 Å². The Labute approximate surface area is 186 Å². The highest BCUT2D eigenvalue weighted by molar-refractivity contribution is 5.29. The zero-order chi connectivity index (χ0) is 20.9. The van der Waals surface area contributed by atoms with Crippen molar-refractivity contribution < 1.29 is 23.7 Å². The monoisotopic (exact) mass is 430 g/mol. The van der Waals surface area contributed by atoms with Crippen molar-refractivity contribution >= 4 is 0 Å². The molecule has 4 aliphatic rings. The molecule has 5 heteroatoms. The van der Waals surface area contributed by atoms with Gasteiger partial charge in [0, 0.05) is 13.2 Å². The van der Waals surface area contributed by atoms with Crippen molar-refractivity contribution in [1.29, 1.82) is 0 Å². The smallest absolute Gasteiger partial charge is 0.119 e. The predicted octanol–water partition coefficient (Wildman–Crippen LogP) is 4.87. The van der Waals surface area contributed by atoms with Crippen LogP contribution in [-0.2, 0) is 18.9 Å². The quantitative estimate of drug-likeness (QED) is 0.350. The molecule has 172 valence electrons. The summed E-state index contributed by atoms with van der Waals surface area (Å²) in [7, 11) is 0. The van der Waals surface area contributed by atoms with Crippen LogP contribution in [0.2, 0.25) is 0 Å². The van der Waals surface area contributed by atoms with Crippen molar-refractivity contribution in [2.45, 2.75) is 88.1 Å². The van der Waals surface area contributed by atoms with Gasteiger partial charge in [0.1, 0.15) is 11.9 Å². The van der Waals surface area contributed by atoms with Gasteiger partial charge in [0.15, 0.2) is 0 Å². The van der Waals surface area contributed by atoms with Gasteiger partial charge in [-0.15, -0.1) is 0 Å². The predicted molar refractivity (Wildman–Crippen MR) is 119 cm³/mol. The molecule has 4 unspecified atom stereocenters. The molecule has 0 spiro atoms. The maximum absolute atomic E-state index is 6.30. The first-order valence-electron chi connectivity index (χ1n) is 12.5. The first-order chi connectivity index (χ1) is 15.3. The Hall–Kier alpha value is -1.14. The molecule has 0 N–H and O–H groups in total. The number of epoxide rings is 2. The molecule has 5 nitrogen and oxygen atoms in total. The highest BCUT2D eigenvalue weighted by Gasteiger charge is 2.43. The van der Waals surface area contributed by atoms with E-state index < -0.39 is 0 Å². The molecule has 2 aliphatic heterocycles. The van der Waals surface area contributed by atoms with E-state index in [1.807, 2.05) is 0 Å². The highest BCUT2D eigenvalue weighted by Crippen LogP contribution is 2.40. The molecule has 0 amide bonds. The minimum Gasteiger partial charge on any atom is -0.494 e. The molecule has 4 atom stereocenters. The van der Waals surface area contributed by atoms with Gasteiger partial charge in [-0.2, -0.15) is 0 Å². The van der Waals surface area contributed by atoms with Gasteiger partial charge in [0.2, 0.25) is 0 Å². The Morgan fingerprint density at radius 1 is 0.839 bits per heavy atom. The molecule has 0 aromatic heterocycles. The summed E-state index contributed by atoms with van der Waals surface area (Å²) in [4.78, 5) is 0. The third-order valence-electron chi connectivity index (χ3n) is 7.36. The van der Waals surface area contributed by atoms with E-state index in [9.17, 15) is 0 Å². The van der Waals surface area contributed by atoms with Gasteiger partial charge in [-0.05, 0) is 87.3 Å². The first-order valence-corrected chi connectivity index (χ1v) is 12.5. The van der Waals surface area contributed by atoms with Crippen LogP contribution in [0.4, 0.5) is 0 Å².